The fourth-order valence-electron chi connectivity index (χ4n) is 2.78. The van der Waals surface area contributed by atoms with Gasteiger partial charge in [0.05, 0.1) is 25.8 Å². The summed E-state index contributed by atoms with van der Waals surface area (Å²) in [5.41, 5.74) is 0.988. The molecule has 1 atom stereocenters. The van der Waals surface area contributed by atoms with Crippen LogP contribution in [-0.2, 0) is 4.79 Å². The third kappa shape index (κ3) is 2.83. The van der Waals surface area contributed by atoms with E-state index < -0.39 is 0 Å². The highest BCUT2D eigenvalue weighted by Gasteiger charge is 2.27. The van der Waals surface area contributed by atoms with E-state index in [-0.39, 0.29) is 6.04 Å². The first-order chi connectivity index (χ1) is 9.31. The molecule has 1 aromatic carbocycles. The molecule has 0 bridgehead atoms. The molecule has 1 amide bonds. The lowest BCUT2D eigenvalue weighted by Gasteiger charge is -2.29. The van der Waals surface area contributed by atoms with E-state index >= 15 is 0 Å². The van der Waals surface area contributed by atoms with Gasteiger partial charge in [0, 0.05) is 6.54 Å². The van der Waals surface area contributed by atoms with Crippen molar-refractivity contribution in [1.82, 2.24) is 4.90 Å². The molecule has 4 heteroatoms. The van der Waals surface area contributed by atoms with Gasteiger partial charge in [-0.1, -0.05) is 18.9 Å². The summed E-state index contributed by atoms with van der Waals surface area (Å²) in [4.78, 5) is 13.2. The van der Waals surface area contributed by atoms with Gasteiger partial charge in [0.15, 0.2) is 0 Å². The Morgan fingerprint density at radius 2 is 1.84 bits per heavy atom. The van der Waals surface area contributed by atoms with Crippen LogP contribution in [0.2, 0.25) is 0 Å². The van der Waals surface area contributed by atoms with Gasteiger partial charge in [-0.15, -0.1) is 0 Å². The molecule has 1 unspecified atom stereocenters. The molecule has 1 saturated heterocycles. The van der Waals surface area contributed by atoms with Crippen LogP contribution in [0.3, 0.4) is 0 Å². The minimum absolute atomic E-state index is 0.0473. The number of nitrogens with zero attached hydrogens (tertiary/aromatic N) is 1. The number of carbonyl (C=O) groups excluding carboxylic acids is 1. The van der Waals surface area contributed by atoms with Crippen molar-refractivity contribution in [2.24, 2.45) is 0 Å². The monoisotopic (exact) mass is 263 g/mol. The number of rotatable bonds is 4. The zero-order chi connectivity index (χ0) is 13.7. The minimum atomic E-state index is 0.0473. The number of likely N-dealkylation sites (tertiary alicyclic amines) is 1. The Labute approximate surface area is 114 Å². The highest BCUT2D eigenvalue weighted by atomic mass is 16.5. The van der Waals surface area contributed by atoms with Crippen LogP contribution in [0.15, 0.2) is 18.2 Å². The molecule has 0 aliphatic carbocycles. The molecule has 1 heterocycles. The highest BCUT2D eigenvalue weighted by molar-refractivity contribution is 5.53. The summed E-state index contributed by atoms with van der Waals surface area (Å²) in [7, 11) is 3.31. The van der Waals surface area contributed by atoms with E-state index in [0.717, 1.165) is 55.7 Å². The molecular formula is C15H21NO3. The maximum atomic E-state index is 11.3. The largest absolute Gasteiger partial charge is 0.496 e. The lowest BCUT2D eigenvalue weighted by Crippen LogP contribution is -2.27. The summed E-state index contributed by atoms with van der Waals surface area (Å²) >= 11 is 0. The first kappa shape index (κ1) is 13.7. The summed E-state index contributed by atoms with van der Waals surface area (Å²) in [6.07, 6.45) is 5.25. The molecule has 1 aliphatic heterocycles. The van der Waals surface area contributed by atoms with Gasteiger partial charge in [-0.2, -0.15) is 0 Å². The number of ether oxygens (including phenoxy) is 2. The molecule has 0 saturated carbocycles. The molecule has 0 N–H and O–H groups in total. The normalized spacial score (nSPS) is 19.7. The molecule has 1 aliphatic rings. The predicted octanol–water partition coefficient (Wildman–Crippen LogP) is 2.78. The fraction of sp³-hybridized carbons (Fsp3) is 0.533. The second-order valence-corrected chi connectivity index (χ2v) is 4.78. The number of hydrogen-bond donors (Lipinski definition) is 0. The van der Waals surface area contributed by atoms with Crippen molar-refractivity contribution >= 4 is 6.41 Å². The zero-order valence-corrected chi connectivity index (χ0v) is 11.6. The highest BCUT2D eigenvalue weighted by Crippen LogP contribution is 2.40. The lowest BCUT2D eigenvalue weighted by atomic mass is 9.99. The summed E-state index contributed by atoms with van der Waals surface area (Å²) in [6.45, 7) is 0.801. The third-order valence-electron chi connectivity index (χ3n) is 3.73. The van der Waals surface area contributed by atoms with E-state index in [0.29, 0.717) is 0 Å². The molecule has 0 radical (unpaired) electrons. The van der Waals surface area contributed by atoms with E-state index in [1.807, 2.05) is 23.1 Å². The first-order valence-corrected chi connectivity index (χ1v) is 6.73. The Balaban J connectivity index is 2.44. The van der Waals surface area contributed by atoms with Gasteiger partial charge >= 0.3 is 0 Å². The first-order valence-electron chi connectivity index (χ1n) is 6.73. The quantitative estimate of drug-likeness (QED) is 0.784. The van der Waals surface area contributed by atoms with Crippen LogP contribution in [0.1, 0.15) is 37.3 Å². The van der Waals surface area contributed by atoms with Crippen molar-refractivity contribution in [2.75, 3.05) is 20.8 Å². The number of benzene rings is 1. The lowest BCUT2D eigenvalue weighted by molar-refractivity contribution is -0.120. The molecule has 0 aromatic heterocycles. The van der Waals surface area contributed by atoms with Crippen molar-refractivity contribution in [2.45, 2.75) is 31.7 Å². The Morgan fingerprint density at radius 3 is 2.42 bits per heavy atom. The SMILES string of the molecule is COc1cccc(OC)c1C1CCCCCN1C=O. The van der Waals surface area contributed by atoms with Crippen LogP contribution in [0.5, 0.6) is 11.5 Å². The van der Waals surface area contributed by atoms with Crippen LogP contribution >= 0.6 is 0 Å². The Hall–Kier alpha value is -1.71. The molecule has 19 heavy (non-hydrogen) atoms. The van der Waals surface area contributed by atoms with Crippen LogP contribution in [-0.4, -0.2) is 32.1 Å². The summed E-state index contributed by atoms with van der Waals surface area (Å²) < 4.78 is 10.9. The van der Waals surface area contributed by atoms with Crippen molar-refractivity contribution in [3.8, 4) is 11.5 Å². The van der Waals surface area contributed by atoms with Gasteiger partial charge in [-0.25, -0.2) is 0 Å². The van der Waals surface area contributed by atoms with Crippen molar-refractivity contribution in [3.63, 3.8) is 0 Å². The third-order valence-corrected chi connectivity index (χ3v) is 3.73. The van der Waals surface area contributed by atoms with Gasteiger partial charge in [0.1, 0.15) is 11.5 Å². The van der Waals surface area contributed by atoms with Crippen LogP contribution < -0.4 is 9.47 Å². The van der Waals surface area contributed by atoms with E-state index in [9.17, 15) is 4.79 Å². The number of hydrogen-bond acceptors (Lipinski definition) is 3. The predicted molar refractivity (Wildman–Crippen MR) is 73.5 cm³/mol. The number of carbonyl (C=O) groups is 1. The molecule has 1 fully saturated rings. The molecule has 0 spiro atoms. The Kier molecular flexibility index (Phi) is 4.66. The standard InChI is InChI=1S/C15H21NO3/c1-18-13-8-6-9-14(19-2)15(13)12-7-4-3-5-10-16(12)11-17/h6,8-9,11-12H,3-5,7,10H2,1-2H3. The smallest absolute Gasteiger partial charge is 0.210 e. The zero-order valence-electron chi connectivity index (χ0n) is 11.6. The molecular weight excluding hydrogens is 242 g/mol. The van der Waals surface area contributed by atoms with Gasteiger partial charge < -0.3 is 14.4 Å². The maximum Gasteiger partial charge on any atom is 0.210 e. The molecule has 4 nitrogen and oxygen atoms in total. The van der Waals surface area contributed by atoms with Crippen molar-refractivity contribution < 1.29 is 14.3 Å². The number of amides is 1. The van der Waals surface area contributed by atoms with Crippen LogP contribution in [0.25, 0.3) is 0 Å². The van der Waals surface area contributed by atoms with Gasteiger partial charge in [0.25, 0.3) is 0 Å². The number of methoxy groups -OCH3 is 2. The maximum absolute atomic E-state index is 11.3. The van der Waals surface area contributed by atoms with Gasteiger partial charge in [-0.05, 0) is 25.0 Å². The van der Waals surface area contributed by atoms with Crippen LogP contribution in [0, 0.1) is 0 Å². The Morgan fingerprint density at radius 1 is 1.16 bits per heavy atom. The summed E-state index contributed by atoms with van der Waals surface area (Å²) in [5.74, 6) is 1.58. The van der Waals surface area contributed by atoms with Gasteiger partial charge in [-0.3, -0.25) is 4.79 Å². The second kappa shape index (κ2) is 6.45. The second-order valence-electron chi connectivity index (χ2n) is 4.78. The summed E-state index contributed by atoms with van der Waals surface area (Å²) in [6, 6.07) is 5.80. The summed E-state index contributed by atoms with van der Waals surface area (Å²) in [5, 5.41) is 0. The average Bonchev–Trinajstić information content (AvgIpc) is 2.71. The molecule has 1 aromatic rings. The minimum Gasteiger partial charge on any atom is -0.496 e. The Bertz CT molecular complexity index is 411. The van der Waals surface area contributed by atoms with Crippen LogP contribution in [0.4, 0.5) is 0 Å². The molecule has 2 rings (SSSR count). The van der Waals surface area contributed by atoms with Gasteiger partial charge in [0.2, 0.25) is 6.41 Å². The molecule has 104 valence electrons. The van der Waals surface area contributed by atoms with E-state index in [1.54, 1.807) is 14.2 Å². The van der Waals surface area contributed by atoms with E-state index in [4.69, 9.17) is 9.47 Å². The van der Waals surface area contributed by atoms with E-state index in [1.165, 1.54) is 0 Å². The van der Waals surface area contributed by atoms with Crippen molar-refractivity contribution in [3.05, 3.63) is 23.8 Å². The van der Waals surface area contributed by atoms with E-state index in [2.05, 4.69) is 0 Å². The average molecular weight is 263 g/mol. The fourth-order valence-corrected chi connectivity index (χ4v) is 2.78. The van der Waals surface area contributed by atoms with Crippen molar-refractivity contribution in [1.29, 1.82) is 0 Å². The topological polar surface area (TPSA) is 38.8 Å².